The van der Waals surface area contributed by atoms with Crippen LogP contribution in [-0.4, -0.2) is 0 Å². The van der Waals surface area contributed by atoms with Crippen molar-refractivity contribution in [1.82, 2.24) is 0 Å². The minimum Gasteiger partial charge on any atom is -0.427 e. The van der Waals surface area contributed by atoms with E-state index in [0.717, 1.165) is 12.2 Å². The van der Waals surface area contributed by atoms with E-state index >= 15 is 0 Å². The number of benzene rings is 1. The number of aryl methyl sites for hydroxylation is 3. The largest absolute Gasteiger partial charge is 0.427 e. The SMILES string of the molecule is CC.CCc1cc(C)c(OI)c(C)c1. The maximum absolute atomic E-state index is 5.25. The quantitative estimate of drug-likeness (QED) is 0.724. The lowest BCUT2D eigenvalue weighted by atomic mass is 10.0. The van der Waals surface area contributed by atoms with Crippen molar-refractivity contribution in [2.45, 2.75) is 41.0 Å². The van der Waals surface area contributed by atoms with Crippen LogP contribution in [0.15, 0.2) is 12.1 Å². The zero-order chi connectivity index (χ0) is 11.1. The molecule has 0 aromatic heterocycles. The molecular weight excluding hydrogens is 287 g/mol. The third kappa shape index (κ3) is 3.48. The lowest BCUT2D eigenvalue weighted by Gasteiger charge is -2.08. The Labute approximate surface area is 102 Å². The van der Waals surface area contributed by atoms with E-state index in [4.69, 9.17) is 3.07 Å². The third-order valence-corrected chi connectivity index (χ3v) is 2.45. The molecule has 0 unspecified atom stereocenters. The molecule has 0 aliphatic carbocycles. The molecule has 2 heteroatoms. The van der Waals surface area contributed by atoms with Crippen LogP contribution >= 0.6 is 23.0 Å². The van der Waals surface area contributed by atoms with E-state index in [1.54, 1.807) is 0 Å². The smallest absolute Gasteiger partial charge is 0.192 e. The molecular formula is C12H19IO. The topological polar surface area (TPSA) is 9.23 Å². The van der Waals surface area contributed by atoms with E-state index in [1.807, 2.05) is 36.9 Å². The monoisotopic (exact) mass is 306 g/mol. The van der Waals surface area contributed by atoms with Gasteiger partial charge in [0.05, 0.1) is 0 Å². The van der Waals surface area contributed by atoms with Gasteiger partial charge in [-0.3, -0.25) is 0 Å². The van der Waals surface area contributed by atoms with Gasteiger partial charge in [-0.05, 0) is 37.0 Å². The molecule has 0 saturated carbocycles. The van der Waals surface area contributed by atoms with Gasteiger partial charge in [-0.25, -0.2) is 0 Å². The van der Waals surface area contributed by atoms with Crippen molar-refractivity contribution in [3.8, 4) is 5.75 Å². The first-order valence-corrected chi connectivity index (χ1v) is 5.95. The van der Waals surface area contributed by atoms with Gasteiger partial charge in [0, 0.05) is 0 Å². The first-order valence-electron chi connectivity index (χ1n) is 5.07. The fraction of sp³-hybridized carbons (Fsp3) is 0.500. The molecule has 0 atom stereocenters. The van der Waals surface area contributed by atoms with E-state index in [9.17, 15) is 0 Å². The fourth-order valence-electron chi connectivity index (χ4n) is 1.37. The Morgan fingerprint density at radius 2 is 1.57 bits per heavy atom. The van der Waals surface area contributed by atoms with E-state index in [1.165, 1.54) is 16.7 Å². The molecule has 0 heterocycles. The van der Waals surface area contributed by atoms with Crippen LogP contribution in [0.25, 0.3) is 0 Å². The average Bonchev–Trinajstić information content (AvgIpc) is 2.20. The summed E-state index contributed by atoms with van der Waals surface area (Å²) in [6.45, 7) is 10.3. The second-order valence-electron chi connectivity index (χ2n) is 2.99. The minimum absolute atomic E-state index is 1.01. The fourth-order valence-corrected chi connectivity index (χ4v) is 2.06. The summed E-state index contributed by atoms with van der Waals surface area (Å²) in [4.78, 5) is 0. The van der Waals surface area contributed by atoms with Crippen LogP contribution in [-0.2, 0) is 6.42 Å². The Balaban J connectivity index is 0.000000791. The van der Waals surface area contributed by atoms with Crippen LogP contribution in [0.2, 0.25) is 0 Å². The standard InChI is InChI=1S/C10H13IO.C2H6/c1-4-9-5-7(2)10(12-11)8(3)6-9;1-2/h5-6H,4H2,1-3H3;1-2H3. The third-order valence-electron chi connectivity index (χ3n) is 2.01. The van der Waals surface area contributed by atoms with Gasteiger partial charge < -0.3 is 3.07 Å². The predicted octanol–water partition coefficient (Wildman–Crippen LogP) is 4.62. The van der Waals surface area contributed by atoms with Crippen molar-refractivity contribution in [2.24, 2.45) is 0 Å². The Bertz CT molecular complexity index is 259. The van der Waals surface area contributed by atoms with E-state index in [2.05, 4.69) is 32.9 Å². The van der Waals surface area contributed by atoms with Crippen LogP contribution in [0.5, 0.6) is 5.75 Å². The van der Waals surface area contributed by atoms with Crippen molar-refractivity contribution < 1.29 is 3.07 Å². The summed E-state index contributed by atoms with van der Waals surface area (Å²) in [6, 6.07) is 4.36. The van der Waals surface area contributed by atoms with Gasteiger partial charge >= 0.3 is 0 Å². The predicted molar refractivity (Wildman–Crippen MR) is 71.3 cm³/mol. The lowest BCUT2D eigenvalue weighted by Crippen LogP contribution is -1.89. The zero-order valence-corrected chi connectivity index (χ0v) is 11.8. The summed E-state index contributed by atoms with van der Waals surface area (Å²) in [5.74, 6) is 1.01. The van der Waals surface area contributed by atoms with Gasteiger partial charge in [0.15, 0.2) is 23.0 Å². The first-order chi connectivity index (χ1) is 6.69. The molecule has 80 valence electrons. The van der Waals surface area contributed by atoms with Gasteiger partial charge in [0.2, 0.25) is 0 Å². The molecule has 1 aromatic carbocycles. The number of rotatable bonds is 2. The lowest BCUT2D eigenvalue weighted by molar-refractivity contribution is 0.700. The van der Waals surface area contributed by atoms with Gasteiger partial charge in [-0.1, -0.05) is 32.9 Å². The Morgan fingerprint density at radius 1 is 1.14 bits per heavy atom. The second-order valence-corrected chi connectivity index (χ2v) is 3.43. The first kappa shape index (κ1) is 13.8. The zero-order valence-electron chi connectivity index (χ0n) is 9.65. The number of hydrogen-bond acceptors (Lipinski definition) is 1. The molecule has 0 amide bonds. The molecule has 1 rings (SSSR count). The van der Waals surface area contributed by atoms with Gasteiger partial charge in [0.25, 0.3) is 0 Å². The minimum atomic E-state index is 1.01. The van der Waals surface area contributed by atoms with Crippen LogP contribution in [0.3, 0.4) is 0 Å². The highest BCUT2D eigenvalue weighted by molar-refractivity contribution is 14.1. The Hall–Kier alpha value is -0.250. The van der Waals surface area contributed by atoms with Crippen LogP contribution in [0, 0.1) is 13.8 Å². The number of hydrogen-bond donors (Lipinski definition) is 0. The van der Waals surface area contributed by atoms with E-state index < -0.39 is 0 Å². The normalized spacial score (nSPS) is 9.00. The van der Waals surface area contributed by atoms with Crippen molar-refractivity contribution in [1.29, 1.82) is 0 Å². The summed E-state index contributed by atoms with van der Waals surface area (Å²) in [7, 11) is 0. The summed E-state index contributed by atoms with van der Waals surface area (Å²) in [5, 5.41) is 0. The highest BCUT2D eigenvalue weighted by Crippen LogP contribution is 2.26. The molecule has 1 nitrogen and oxygen atoms in total. The molecule has 0 N–H and O–H groups in total. The van der Waals surface area contributed by atoms with E-state index in [0.29, 0.717) is 0 Å². The molecule has 0 aliphatic heterocycles. The van der Waals surface area contributed by atoms with E-state index in [-0.39, 0.29) is 0 Å². The average molecular weight is 306 g/mol. The summed E-state index contributed by atoms with van der Waals surface area (Å²) >= 11 is 1.93. The maximum atomic E-state index is 5.25. The molecule has 0 bridgehead atoms. The molecule has 0 radical (unpaired) electrons. The molecule has 14 heavy (non-hydrogen) atoms. The van der Waals surface area contributed by atoms with Crippen LogP contribution in [0.4, 0.5) is 0 Å². The molecule has 0 spiro atoms. The van der Waals surface area contributed by atoms with Crippen molar-refractivity contribution >= 4 is 23.0 Å². The Morgan fingerprint density at radius 3 is 1.86 bits per heavy atom. The maximum Gasteiger partial charge on any atom is 0.192 e. The summed E-state index contributed by atoms with van der Waals surface area (Å²) in [5.41, 5.74) is 3.82. The van der Waals surface area contributed by atoms with Crippen molar-refractivity contribution in [3.05, 3.63) is 28.8 Å². The van der Waals surface area contributed by atoms with Crippen molar-refractivity contribution in [2.75, 3.05) is 0 Å². The van der Waals surface area contributed by atoms with Crippen LogP contribution < -0.4 is 3.07 Å². The van der Waals surface area contributed by atoms with Gasteiger partial charge in [0.1, 0.15) is 5.75 Å². The second kappa shape index (κ2) is 7.10. The molecule has 0 aliphatic rings. The van der Waals surface area contributed by atoms with Gasteiger partial charge in [-0.15, -0.1) is 0 Å². The Kier molecular flexibility index (Phi) is 6.97. The number of halogens is 1. The highest BCUT2D eigenvalue weighted by Gasteiger charge is 2.04. The highest BCUT2D eigenvalue weighted by atomic mass is 127. The summed E-state index contributed by atoms with van der Waals surface area (Å²) in [6.07, 6.45) is 1.09. The van der Waals surface area contributed by atoms with Crippen LogP contribution in [0.1, 0.15) is 37.5 Å². The van der Waals surface area contributed by atoms with Crippen molar-refractivity contribution in [3.63, 3.8) is 0 Å². The van der Waals surface area contributed by atoms with Gasteiger partial charge in [-0.2, -0.15) is 0 Å². The molecule has 0 fully saturated rings. The molecule has 1 aromatic rings. The molecule has 0 saturated heterocycles. The summed E-state index contributed by atoms with van der Waals surface area (Å²) < 4.78 is 5.25.